The Bertz CT molecular complexity index is 168. The number of hydrogen-bond donors (Lipinski definition) is 1. The van der Waals surface area contributed by atoms with Gasteiger partial charge in [-0.2, -0.15) is 0 Å². The second kappa shape index (κ2) is 8.75. The van der Waals surface area contributed by atoms with Crippen LogP contribution in [0.5, 0.6) is 0 Å². The smallest absolute Gasteiger partial charge is 0.222 e. The lowest BCUT2D eigenvalue weighted by Crippen LogP contribution is -2.33. The second-order valence-corrected chi connectivity index (χ2v) is 4.47. The van der Waals surface area contributed by atoms with E-state index < -0.39 is 0 Å². The molecule has 0 aliphatic carbocycles. The molecule has 0 rings (SSSR count). The average Bonchev–Trinajstić information content (AvgIpc) is 2.27. The molecular formula is C13H27NO. The highest BCUT2D eigenvalue weighted by Crippen LogP contribution is 2.11. The second-order valence-electron chi connectivity index (χ2n) is 4.47. The van der Waals surface area contributed by atoms with Gasteiger partial charge in [0.15, 0.2) is 0 Å². The Kier molecular flexibility index (Phi) is 8.44. The quantitative estimate of drug-likeness (QED) is 0.658. The molecule has 2 unspecified atom stereocenters. The fourth-order valence-corrected chi connectivity index (χ4v) is 1.55. The van der Waals surface area contributed by atoms with Gasteiger partial charge in [-0.25, -0.2) is 0 Å². The van der Waals surface area contributed by atoms with Crippen molar-refractivity contribution in [3.05, 3.63) is 0 Å². The lowest BCUT2D eigenvalue weighted by molar-refractivity contribution is -0.124. The van der Waals surface area contributed by atoms with Gasteiger partial charge in [0.25, 0.3) is 0 Å². The third kappa shape index (κ3) is 6.53. The predicted molar refractivity (Wildman–Crippen MR) is 65.8 cm³/mol. The number of unbranched alkanes of at least 4 members (excludes halogenated alkanes) is 1. The SMILES string of the molecule is CCCCC(CC)CNC(=O)C(C)CC. The molecular weight excluding hydrogens is 186 g/mol. The largest absolute Gasteiger partial charge is 0.356 e. The van der Waals surface area contributed by atoms with Crippen molar-refractivity contribution in [1.29, 1.82) is 0 Å². The average molecular weight is 213 g/mol. The molecule has 1 N–H and O–H groups in total. The van der Waals surface area contributed by atoms with Crippen molar-refractivity contribution in [2.45, 2.75) is 59.8 Å². The summed E-state index contributed by atoms with van der Waals surface area (Å²) >= 11 is 0. The van der Waals surface area contributed by atoms with Crippen LogP contribution in [0.15, 0.2) is 0 Å². The molecule has 0 aromatic carbocycles. The fourth-order valence-electron chi connectivity index (χ4n) is 1.55. The van der Waals surface area contributed by atoms with Gasteiger partial charge in [0.1, 0.15) is 0 Å². The summed E-state index contributed by atoms with van der Waals surface area (Å²) in [6, 6.07) is 0. The van der Waals surface area contributed by atoms with E-state index in [2.05, 4.69) is 26.1 Å². The van der Waals surface area contributed by atoms with E-state index in [0.29, 0.717) is 5.92 Å². The molecule has 0 aliphatic rings. The van der Waals surface area contributed by atoms with Crippen LogP contribution < -0.4 is 5.32 Å². The highest BCUT2D eigenvalue weighted by atomic mass is 16.1. The van der Waals surface area contributed by atoms with Crippen LogP contribution in [0.2, 0.25) is 0 Å². The summed E-state index contributed by atoms with van der Waals surface area (Å²) in [4.78, 5) is 11.6. The predicted octanol–water partition coefficient (Wildman–Crippen LogP) is 3.37. The highest BCUT2D eigenvalue weighted by Gasteiger charge is 2.12. The molecule has 0 radical (unpaired) electrons. The molecule has 0 aromatic heterocycles. The Hall–Kier alpha value is -0.530. The van der Waals surface area contributed by atoms with Gasteiger partial charge in [0.2, 0.25) is 5.91 Å². The molecule has 0 bridgehead atoms. The molecule has 1 amide bonds. The number of hydrogen-bond acceptors (Lipinski definition) is 1. The fraction of sp³-hybridized carbons (Fsp3) is 0.923. The van der Waals surface area contributed by atoms with Crippen molar-refractivity contribution in [3.63, 3.8) is 0 Å². The summed E-state index contributed by atoms with van der Waals surface area (Å²) in [5, 5.41) is 3.05. The van der Waals surface area contributed by atoms with Crippen LogP contribution in [0.3, 0.4) is 0 Å². The molecule has 0 saturated carbocycles. The van der Waals surface area contributed by atoms with Crippen LogP contribution in [0.25, 0.3) is 0 Å². The monoisotopic (exact) mass is 213 g/mol. The van der Waals surface area contributed by atoms with Gasteiger partial charge >= 0.3 is 0 Å². The molecule has 0 spiro atoms. The van der Waals surface area contributed by atoms with E-state index in [4.69, 9.17) is 0 Å². The van der Waals surface area contributed by atoms with Crippen molar-refractivity contribution in [2.24, 2.45) is 11.8 Å². The standard InChI is InChI=1S/C13H27NO/c1-5-8-9-12(7-3)10-14-13(15)11(4)6-2/h11-12H,5-10H2,1-4H3,(H,14,15). The molecule has 2 atom stereocenters. The Morgan fingerprint density at radius 1 is 1.20 bits per heavy atom. The van der Waals surface area contributed by atoms with Crippen LogP contribution >= 0.6 is 0 Å². The van der Waals surface area contributed by atoms with E-state index in [1.54, 1.807) is 0 Å². The Morgan fingerprint density at radius 3 is 2.33 bits per heavy atom. The topological polar surface area (TPSA) is 29.1 Å². The maximum atomic E-state index is 11.6. The zero-order valence-corrected chi connectivity index (χ0v) is 10.8. The first-order valence-corrected chi connectivity index (χ1v) is 6.43. The summed E-state index contributed by atoms with van der Waals surface area (Å²) in [6.07, 6.45) is 5.86. The van der Waals surface area contributed by atoms with Crippen molar-refractivity contribution in [2.75, 3.05) is 6.54 Å². The molecule has 0 aromatic rings. The van der Waals surface area contributed by atoms with Crippen molar-refractivity contribution in [1.82, 2.24) is 5.32 Å². The summed E-state index contributed by atoms with van der Waals surface area (Å²) in [5.41, 5.74) is 0. The Morgan fingerprint density at radius 2 is 1.87 bits per heavy atom. The number of carbonyl (C=O) groups is 1. The number of nitrogens with one attached hydrogen (secondary N) is 1. The van der Waals surface area contributed by atoms with E-state index in [1.807, 2.05) is 6.92 Å². The molecule has 0 saturated heterocycles. The van der Waals surface area contributed by atoms with Crippen molar-refractivity contribution < 1.29 is 4.79 Å². The first-order valence-electron chi connectivity index (χ1n) is 6.43. The maximum Gasteiger partial charge on any atom is 0.222 e. The molecule has 0 fully saturated rings. The maximum absolute atomic E-state index is 11.6. The van der Waals surface area contributed by atoms with Crippen LogP contribution in [-0.2, 0) is 4.79 Å². The van der Waals surface area contributed by atoms with Gasteiger partial charge in [-0.3, -0.25) is 4.79 Å². The Labute approximate surface area is 94.8 Å². The van der Waals surface area contributed by atoms with E-state index in [1.165, 1.54) is 25.7 Å². The molecule has 90 valence electrons. The molecule has 0 heterocycles. The lowest BCUT2D eigenvalue weighted by Gasteiger charge is -2.17. The summed E-state index contributed by atoms with van der Waals surface area (Å²) in [5.74, 6) is 1.04. The van der Waals surface area contributed by atoms with Crippen LogP contribution in [0.1, 0.15) is 59.8 Å². The molecule has 2 nitrogen and oxygen atoms in total. The third-order valence-electron chi connectivity index (χ3n) is 3.17. The zero-order chi connectivity index (χ0) is 11.7. The molecule has 2 heteroatoms. The number of carbonyl (C=O) groups excluding carboxylic acids is 1. The zero-order valence-electron chi connectivity index (χ0n) is 10.8. The van der Waals surface area contributed by atoms with Crippen LogP contribution in [0, 0.1) is 11.8 Å². The Balaban J connectivity index is 3.74. The molecule has 15 heavy (non-hydrogen) atoms. The third-order valence-corrected chi connectivity index (χ3v) is 3.17. The van der Waals surface area contributed by atoms with Gasteiger partial charge in [-0.15, -0.1) is 0 Å². The first-order chi connectivity index (χ1) is 7.15. The van der Waals surface area contributed by atoms with Gasteiger partial charge in [0.05, 0.1) is 0 Å². The van der Waals surface area contributed by atoms with Crippen molar-refractivity contribution in [3.8, 4) is 0 Å². The van der Waals surface area contributed by atoms with Gasteiger partial charge in [-0.05, 0) is 18.8 Å². The van der Waals surface area contributed by atoms with E-state index in [0.717, 1.165) is 13.0 Å². The first kappa shape index (κ1) is 14.5. The normalized spacial score (nSPS) is 14.7. The van der Waals surface area contributed by atoms with Crippen LogP contribution in [-0.4, -0.2) is 12.5 Å². The summed E-state index contributed by atoms with van der Waals surface area (Å²) < 4.78 is 0. The van der Waals surface area contributed by atoms with E-state index >= 15 is 0 Å². The van der Waals surface area contributed by atoms with E-state index in [-0.39, 0.29) is 11.8 Å². The number of rotatable bonds is 8. The minimum Gasteiger partial charge on any atom is -0.356 e. The lowest BCUT2D eigenvalue weighted by atomic mass is 9.99. The van der Waals surface area contributed by atoms with Gasteiger partial charge < -0.3 is 5.32 Å². The van der Waals surface area contributed by atoms with E-state index in [9.17, 15) is 4.79 Å². The highest BCUT2D eigenvalue weighted by molar-refractivity contribution is 5.78. The van der Waals surface area contributed by atoms with Crippen molar-refractivity contribution >= 4 is 5.91 Å². The summed E-state index contributed by atoms with van der Waals surface area (Å²) in [6.45, 7) is 9.32. The molecule has 0 aliphatic heterocycles. The number of amides is 1. The minimum absolute atomic E-state index is 0.161. The van der Waals surface area contributed by atoms with Crippen LogP contribution in [0.4, 0.5) is 0 Å². The minimum atomic E-state index is 0.161. The summed E-state index contributed by atoms with van der Waals surface area (Å²) in [7, 11) is 0. The van der Waals surface area contributed by atoms with Gasteiger partial charge in [0, 0.05) is 12.5 Å². The van der Waals surface area contributed by atoms with Gasteiger partial charge in [-0.1, -0.05) is 47.0 Å².